The van der Waals surface area contributed by atoms with Gasteiger partial charge >= 0.3 is 0 Å². The highest BCUT2D eigenvalue weighted by Crippen LogP contribution is 2.18. The van der Waals surface area contributed by atoms with E-state index in [-0.39, 0.29) is 0 Å². The number of primary amides is 1. The summed E-state index contributed by atoms with van der Waals surface area (Å²) in [6.45, 7) is 0.688. The maximum absolute atomic E-state index is 11.3. The summed E-state index contributed by atoms with van der Waals surface area (Å²) in [6, 6.07) is 5.07. The fraction of sp³-hybridized carbons (Fsp3) is 0.167. The minimum absolute atomic E-state index is 0.410. The number of thiazole rings is 1. The van der Waals surface area contributed by atoms with Crippen molar-refractivity contribution in [3.05, 3.63) is 40.3 Å². The Kier molecular flexibility index (Phi) is 3.78. The number of nitrogen functional groups attached to an aromatic ring is 1. The molecule has 2 rings (SSSR count). The van der Waals surface area contributed by atoms with Gasteiger partial charge in [-0.15, -0.1) is 11.3 Å². The fourth-order valence-electron chi connectivity index (χ4n) is 1.61. The monoisotopic (exact) mass is 262 g/mol. The average molecular weight is 262 g/mol. The molecule has 0 atom stereocenters. The molecule has 2 aromatic rings. The third kappa shape index (κ3) is 2.98. The first-order valence-electron chi connectivity index (χ1n) is 5.47. The van der Waals surface area contributed by atoms with E-state index in [2.05, 4.69) is 10.3 Å². The molecular formula is C12H14N4OS. The number of aromatic nitrogens is 1. The number of nitrogens with one attached hydrogen (secondary N) is 1. The highest BCUT2D eigenvalue weighted by atomic mass is 32.1. The highest BCUT2D eigenvalue weighted by Gasteiger charge is 2.08. The van der Waals surface area contributed by atoms with Gasteiger partial charge in [0, 0.05) is 29.7 Å². The number of amides is 1. The lowest BCUT2D eigenvalue weighted by atomic mass is 10.1. The molecule has 5 nitrogen and oxygen atoms in total. The van der Waals surface area contributed by atoms with E-state index in [0.29, 0.717) is 23.5 Å². The Morgan fingerprint density at radius 3 is 2.94 bits per heavy atom. The highest BCUT2D eigenvalue weighted by molar-refractivity contribution is 7.07. The molecule has 1 aromatic carbocycles. The minimum Gasteiger partial charge on any atom is -0.399 e. The van der Waals surface area contributed by atoms with E-state index in [4.69, 9.17) is 11.5 Å². The van der Waals surface area contributed by atoms with Crippen LogP contribution in [0.25, 0.3) is 0 Å². The Balaban J connectivity index is 2.02. The first-order chi connectivity index (χ1) is 8.66. The van der Waals surface area contributed by atoms with Gasteiger partial charge in [0.2, 0.25) is 0 Å². The molecule has 1 heterocycles. The lowest BCUT2D eigenvalue weighted by Crippen LogP contribution is -2.16. The van der Waals surface area contributed by atoms with Crippen LogP contribution in [0.1, 0.15) is 16.1 Å². The summed E-state index contributed by atoms with van der Waals surface area (Å²) in [6.07, 6.45) is 0.798. The average Bonchev–Trinajstić information content (AvgIpc) is 2.84. The van der Waals surface area contributed by atoms with Crippen LogP contribution in [0.5, 0.6) is 0 Å². The van der Waals surface area contributed by atoms with Crippen LogP contribution in [0.3, 0.4) is 0 Å². The number of rotatable bonds is 5. The topological polar surface area (TPSA) is 94.0 Å². The summed E-state index contributed by atoms with van der Waals surface area (Å²) >= 11 is 1.57. The summed E-state index contributed by atoms with van der Waals surface area (Å²) < 4.78 is 0. The van der Waals surface area contributed by atoms with Crippen LogP contribution in [0.4, 0.5) is 11.4 Å². The normalized spacial score (nSPS) is 10.2. The molecular weight excluding hydrogens is 248 g/mol. The number of anilines is 2. The van der Waals surface area contributed by atoms with Crippen LogP contribution < -0.4 is 16.8 Å². The van der Waals surface area contributed by atoms with Gasteiger partial charge in [-0.1, -0.05) is 0 Å². The largest absolute Gasteiger partial charge is 0.399 e. The predicted octanol–water partition coefficient (Wildman–Crippen LogP) is 1.48. The zero-order valence-corrected chi connectivity index (χ0v) is 10.5. The first kappa shape index (κ1) is 12.4. The molecule has 0 fully saturated rings. The summed E-state index contributed by atoms with van der Waals surface area (Å²) in [5.41, 5.74) is 15.4. The van der Waals surface area contributed by atoms with Crippen LogP contribution in [0.15, 0.2) is 29.1 Å². The van der Waals surface area contributed by atoms with Crippen molar-refractivity contribution >= 4 is 28.6 Å². The molecule has 0 aliphatic carbocycles. The summed E-state index contributed by atoms with van der Waals surface area (Å²) in [5, 5.41) is 5.17. The van der Waals surface area contributed by atoms with Crippen molar-refractivity contribution in [2.75, 3.05) is 17.6 Å². The van der Waals surface area contributed by atoms with E-state index in [0.717, 1.165) is 12.1 Å². The second-order valence-electron chi connectivity index (χ2n) is 3.83. The summed E-state index contributed by atoms with van der Waals surface area (Å²) in [4.78, 5) is 15.5. The Morgan fingerprint density at radius 2 is 2.28 bits per heavy atom. The van der Waals surface area contributed by atoms with Crippen LogP contribution in [-0.2, 0) is 6.42 Å². The van der Waals surface area contributed by atoms with Crippen LogP contribution in [-0.4, -0.2) is 17.4 Å². The molecule has 0 bridgehead atoms. The molecule has 18 heavy (non-hydrogen) atoms. The van der Waals surface area contributed by atoms with Crippen molar-refractivity contribution in [2.45, 2.75) is 6.42 Å². The second-order valence-corrected chi connectivity index (χ2v) is 4.54. The Labute approximate surface area is 109 Å². The van der Waals surface area contributed by atoms with Crippen molar-refractivity contribution in [3.63, 3.8) is 0 Å². The van der Waals surface area contributed by atoms with Gasteiger partial charge in [0.15, 0.2) is 0 Å². The number of nitrogens with zero attached hydrogens (tertiary/aromatic N) is 1. The van der Waals surface area contributed by atoms with Gasteiger partial charge in [-0.2, -0.15) is 0 Å². The van der Waals surface area contributed by atoms with Crippen molar-refractivity contribution < 1.29 is 4.79 Å². The second kappa shape index (κ2) is 5.50. The molecule has 0 aliphatic heterocycles. The number of carbonyl (C=O) groups is 1. The van der Waals surface area contributed by atoms with Crippen molar-refractivity contribution in [2.24, 2.45) is 5.73 Å². The van der Waals surface area contributed by atoms with Crippen molar-refractivity contribution in [1.29, 1.82) is 0 Å². The Hall–Kier alpha value is -2.08. The molecule has 0 saturated carbocycles. The smallest absolute Gasteiger partial charge is 0.250 e. The van der Waals surface area contributed by atoms with Gasteiger partial charge in [0.05, 0.1) is 16.8 Å². The van der Waals surface area contributed by atoms with Gasteiger partial charge in [0.25, 0.3) is 5.91 Å². The molecule has 0 aliphatic rings. The van der Waals surface area contributed by atoms with E-state index in [1.54, 1.807) is 35.0 Å². The van der Waals surface area contributed by atoms with E-state index in [1.165, 1.54) is 0 Å². The number of carbonyl (C=O) groups excluding carboxylic acids is 1. The summed E-state index contributed by atoms with van der Waals surface area (Å²) in [7, 11) is 0. The SMILES string of the molecule is NC(=O)c1cc(N)ccc1NCCc1cscn1. The number of benzene rings is 1. The van der Waals surface area contributed by atoms with Crippen molar-refractivity contribution in [1.82, 2.24) is 4.98 Å². The minimum atomic E-state index is -0.488. The molecule has 1 amide bonds. The third-order valence-electron chi connectivity index (χ3n) is 2.49. The molecule has 0 saturated heterocycles. The maximum Gasteiger partial charge on any atom is 0.250 e. The quantitative estimate of drug-likeness (QED) is 0.711. The zero-order valence-electron chi connectivity index (χ0n) is 9.72. The molecule has 0 radical (unpaired) electrons. The van der Waals surface area contributed by atoms with Gasteiger partial charge in [-0.05, 0) is 18.2 Å². The number of hydrogen-bond donors (Lipinski definition) is 3. The lowest BCUT2D eigenvalue weighted by Gasteiger charge is -2.10. The number of hydrogen-bond acceptors (Lipinski definition) is 5. The summed E-state index contributed by atoms with van der Waals surface area (Å²) in [5.74, 6) is -0.488. The molecule has 1 aromatic heterocycles. The van der Waals surface area contributed by atoms with E-state index in [9.17, 15) is 4.79 Å². The third-order valence-corrected chi connectivity index (χ3v) is 3.12. The van der Waals surface area contributed by atoms with Gasteiger partial charge < -0.3 is 16.8 Å². The molecule has 5 N–H and O–H groups in total. The Morgan fingerprint density at radius 1 is 1.44 bits per heavy atom. The van der Waals surface area contributed by atoms with Gasteiger partial charge in [-0.3, -0.25) is 4.79 Å². The fourth-order valence-corrected chi connectivity index (χ4v) is 2.20. The van der Waals surface area contributed by atoms with Crippen LogP contribution in [0.2, 0.25) is 0 Å². The molecule has 0 spiro atoms. The standard InChI is InChI=1S/C12H14N4OS/c13-8-1-2-11(10(5-8)12(14)17)15-4-3-9-6-18-7-16-9/h1-2,5-7,15H,3-4,13H2,(H2,14,17). The van der Waals surface area contributed by atoms with Gasteiger partial charge in [-0.25, -0.2) is 4.98 Å². The van der Waals surface area contributed by atoms with E-state index < -0.39 is 5.91 Å². The van der Waals surface area contributed by atoms with Crippen molar-refractivity contribution in [3.8, 4) is 0 Å². The van der Waals surface area contributed by atoms with Gasteiger partial charge in [0.1, 0.15) is 0 Å². The van der Waals surface area contributed by atoms with E-state index >= 15 is 0 Å². The van der Waals surface area contributed by atoms with E-state index in [1.807, 2.05) is 5.38 Å². The molecule has 94 valence electrons. The molecule has 0 unspecified atom stereocenters. The lowest BCUT2D eigenvalue weighted by molar-refractivity contribution is 0.100. The van der Waals surface area contributed by atoms with Crippen LogP contribution >= 0.6 is 11.3 Å². The number of nitrogens with two attached hydrogens (primary N) is 2. The Bertz CT molecular complexity index is 539. The van der Waals surface area contributed by atoms with Crippen LogP contribution in [0, 0.1) is 0 Å². The molecule has 6 heteroatoms. The zero-order chi connectivity index (χ0) is 13.0. The maximum atomic E-state index is 11.3. The predicted molar refractivity (Wildman–Crippen MR) is 73.7 cm³/mol. The first-order valence-corrected chi connectivity index (χ1v) is 6.41.